The van der Waals surface area contributed by atoms with Crippen LogP contribution in [0.2, 0.25) is 5.02 Å². The van der Waals surface area contributed by atoms with Crippen LogP contribution >= 0.6 is 11.6 Å². The van der Waals surface area contributed by atoms with Gasteiger partial charge >= 0.3 is 0 Å². The zero-order valence-corrected chi connectivity index (χ0v) is 17.0. The van der Waals surface area contributed by atoms with Crippen LogP contribution in [-0.4, -0.2) is 15.2 Å². The molecule has 1 heterocycles. The highest BCUT2D eigenvalue weighted by atomic mass is 35.5. The van der Waals surface area contributed by atoms with Crippen LogP contribution in [0.15, 0.2) is 65.6 Å². The van der Waals surface area contributed by atoms with Crippen LogP contribution in [0.1, 0.15) is 11.1 Å². The molecule has 0 bridgehead atoms. The van der Waals surface area contributed by atoms with Gasteiger partial charge in [0.25, 0.3) is 0 Å². The molecule has 30 heavy (non-hydrogen) atoms. The molecule has 0 fully saturated rings. The molecule has 0 spiro atoms. The molecular formula is C21H15ClN2O5S. The van der Waals surface area contributed by atoms with Gasteiger partial charge in [-0.1, -0.05) is 29.8 Å². The number of nitrogens with one attached hydrogen (secondary N) is 1. The van der Waals surface area contributed by atoms with Crippen molar-refractivity contribution < 1.29 is 22.6 Å². The molecule has 4 rings (SSSR count). The number of hydrogen-bond acceptors (Lipinski definition) is 6. The van der Waals surface area contributed by atoms with Crippen LogP contribution in [0, 0.1) is 11.3 Å². The number of halogens is 1. The van der Waals surface area contributed by atoms with E-state index in [9.17, 15) is 13.7 Å². The SMILES string of the molecule is N#Cc1c(Cl)cccc1Oc1cccc(S(=O)(=O)NCc2ccc3c(c2)OCO3)c1. The Morgan fingerprint density at radius 3 is 2.70 bits per heavy atom. The molecule has 1 N–H and O–H groups in total. The molecule has 9 heteroatoms. The van der Waals surface area contributed by atoms with Crippen molar-refractivity contribution >= 4 is 21.6 Å². The Kier molecular flexibility index (Phi) is 5.50. The summed E-state index contributed by atoms with van der Waals surface area (Å²) in [7, 11) is -3.80. The van der Waals surface area contributed by atoms with Crippen molar-refractivity contribution in [1.29, 1.82) is 5.26 Å². The van der Waals surface area contributed by atoms with Crippen LogP contribution in [0.5, 0.6) is 23.0 Å². The van der Waals surface area contributed by atoms with Gasteiger partial charge in [-0.25, -0.2) is 13.1 Å². The second-order valence-electron chi connectivity index (χ2n) is 6.31. The molecule has 1 aliphatic rings. The first-order valence-electron chi connectivity index (χ1n) is 8.81. The number of ether oxygens (including phenoxy) is 3. The lowest BCUT2D eigenvalue weighted by atomic mass is 10.2. The van der Waals surface area contributed by atoms with Crippen LogP contribution in [0.3, 0.4) is 0 Å². The lowest BCUT2D eigenvalue weighted by Crippen LogP contribution is -2.23. The third kappa shape index (κ3) is 4.19. The van der Waals surface area contributed by atoms with Gasteiger partial charge in [-0.15, -0.1) is 0 Å². The molecule has 0 radical (unpaired) electrons. The molecular weight excluding hydrogens is 428 g/mol. The smallest absolute Gasteiger partial charge is 0.241 e. The minimum atomic E-state index is -3.80. The maximum atomic E-state index is 12.7. The standard InChI is InChI=1S/C21H15ClN2O5S/c22-18-5-2-6-19(17(18)11-23)29-15-3-1-4-16(10-15)30(25,26)24-12-14-7-8-20-21(9-14)28-13-27-20/h1-10,24H,12-13H2. The average Bonchev–Trinajstić information content (AvgIpc) is 3.21. The summed E-state index contributed by atoms with van der Waals surface area (Å²) in [6, 6.07) is 18.0. The van der Waals surface area contributed by atoms with Gasteiger partial charge in [-0.2, -0.15) is 5.26 Å². The Balaban J connectivity index is 1.51. The summed E-state index contributed by atoms with van der Waals surface area (Å²) in [6.07, 6.45) is 0. The number of fused-ring (bicyclic) bond motifs is 1. The normalized spacial score (nSPS) is 12.4. The predicted octanol–water partition coefficient (Wildman–Crippen LogP) is 4.21. The minimum Gasteiger partial charge on any atom is -0.456 e. The molecule has 0 saturated carbocycles. The van der Waals surface area contributed by atoms with Crippen LogP contribution in [-0.2, 0) is 16.6 Å². The van der Waals surface area contributed by atoms with Crippen molar-refractivity contribution in [3.05, 3.63) is 76.8 Å². The van der Waals surface area contributed by atoms with Crippen LogP contribution in [0.4, 0.5) is 0 Å². The van der Waals surface area contributed by atoms with E-state index >= 15 is 0 Å². The highest BCUT2D eigenvalue weighted by molar-refractivity contribution is 7.89. The summed E-state index contributed by atoms with van der Waals surface area (Å²) >= 11 is 6.01. The van der Waals surface area contributed by atoms with E-state index in [1.165, 1.54) is 12.1 Å². The predicted molar refractivity (Wildman–Crippen MR) is 109 cm³/mol. The molecule has 0 atom stereocenters. The van der Waals surface area contributed by atoms with Crippen molar-refractivity contribution in [2.24, 2.45) is 0 Å². The first kappa shape index (κ1) is 20.0. The molecule has 0 saturated heterocycles. The van der Waals surface area contributed by atoms with E-state index in [2.05, 4.69) is 4.72 Å². The maximum absolute atomic E-state index is 12.7. The highest BCUT2D eigenvalue weighted by Gasteiger charge is 2.18. The van der Waals surface area contributed by atoms with E-state index in [0.29, 0.717) is 11.5 Å². The molecule has 1 aliphatic heterocycles. The second kappa shape index (κ2) is 8.24. The van der Waals surface area contributed by atoms with E-state index in [-0.39, 0.29) is 40.3 Å². The summed E-state index contributed by atoms with van der Waals surface area (Å²) in [5, 5.41) is 9.51. The van der Waals surface area contributed by atoms with Crippen molar-refractivity contribution in [3.63, 3.8) is 0 Å². The summed E-state index contributed by atoms with van der Waals surface area (Å²) in [5.74, 6) is 1.72. The zero-order chi connectivity index (χ0) is 21.1. The van der Waals surface area contributed by atoms with Gasteiger partial charge < -0.3 is 14.2 Å². The second-order valence-corrected chi connectivity index (χ2v) is 8.49. The first-order valence-corrected chi connectivity index (χ1v) is 10.7. The molecule has 0 aliphatic carbocycles. The van der Waals surface area contributed by atoms with E-state index in [1.807, 2.05) is 6.07 Å². The Bertz CT molecular complexity index is 1250. The first-order chi connectivity index (χ1) is 14.5. The third-order valence-electron chi connectivity index (χ3n) is 4.33. The fourth-order valence-electron chi connectivity index (χ4n) is 2.84. The lowest BCUT2D eigenvalue weighted by Gasteiger charge is -2.11. The number of hydrogen-bond donors (Lipinski definition) is 1. The summed E-state index contributed by atoms with van der Waals surface area (Å²) in [6.45, 7) is 0.231. The number of nitrogens with zero attached hydrogens (tertiary/aromatic N) is 1. The fraction of sp³-hybridized carbons (Fsp3) is 0.0952. The Hall–Kier alpha value is -3.25. The lowest BCUT2D eigenvalue weighted by molar-refractivity contribution is 0.174. The van der Waals surface area contributed by atoms with Gasteiger partial charge in [0.15, 0.2) is 11.5 Å². The summed E-state index contributed by atoms with van der Waals surface area (Å²) < 4.78 is 44.3. The molecule has 0 unspecified atom stereocenters. The van der Waals surface area contributed by atoms with Crippen LogP contribution in [0.25, 0.3) is 0 Å². The van der Waals surface area contributed by atoms with Gasteiger partial charge in [-0.3, -0.25) is 0 Å². The minimum absolute atomic E-state index is 0.0290. The fourth-order valence-corrected chi connectivity index (χ4v) is 4.10. The molecule has 3 aromatic carbocycles. The molecule has 7 nitrogen and oxygen atoms in total. The Morgan fingerprint density at radius 1 is 1.07 bits per heavy atom. The van der Waals surface area contributed by atoms with Crippen molar-refractivity contribution in [2.45, 2.75) is 11.4 Å². The van der Waals surface area contributed by atoms with E-state index in [4.69, 9.17) is 25.8 Å². The van der Waals surface area contributed by atoms with Gasteiger partial charge in [-0.05, 0) is 42.0 Å². The van der Waals surface area contributed by atoms with E-state index in [1.54, 1.807) is 48.5 Å². The number of sulfonamides is 1. The molecule has 0 amide bonds. The van der Waals surface area contributed by atoms with Crippen molar-refractivity contribution in [1.82, 2.24) is 4.72 Å². The van der Waals surface area contributed by atoms with Crippen molar-refractivity contribution in [2.75, 3.05) is 6.79 Å². The van der Waals surface area contributed by atoms with Crippen molar-refractivity contribution in [3.8, 4) is 29.1 Å². The highest BCUT2D eigenvalue weighted by Crippen LogP contribution is 2.33. The Morgan fingerprint density at radius 2 is 1.87 bits per heavy atom. The van der Waals surface area contributed by atoms with Gasteiger partial charge in [0, 0.05) is 12.6 Å². The largest absolute Gasteiger partial charge is 0.456 e. The quantitative estimate of drug-likeness (QED) is 0.614. The third-order valence-corrected chi connectivity index (χ3v) is 6.05. The molecule has 152 valence electrons. The summed E-state index contributed by atoms with van der Waals surface area (Å²) in [5.41, 5.74) is 0.904. The summed E-state index contributed by atoms with van der Waals surface area (Å²) in [4.78, 5) is 0.0290. The van der Waals surface area contributed by atoms with Gasteiger partial charge in [0.2, 0.25) is 16.8 Å². The van der Waals surface area contributed by atoms with Gasteiger partial charge in [0.1, 0.15) is 23.1 Å². The van der Waals surface area contributed by atoms with E-state index in [0.717, 1.165) is 5.56 Å². The topological polar surface area (TPSA) is 97.7 Å². The molecule has 0 aromatic heterocycles. The van der Waals surface area contributed by atoms with Crippen LogP contribution < -0.4 is 18.9 Å². The molecule has 3 aromatic rings. The average molecular weight is 443 g/mol. The van der Waals surface area contributed by atoms with Gasteiger partial charge in [0.05, 0.1) is 9.92 Å². The monoisotopic (exact) mass is 442 g/mol. The Labute approximate surface area is 178 Å². The number of nitriles is 1. The zero-order valence-electron chi connectivity index (χ0n) is 15.5. The number of rotatable bonds is 6. The maximum Gasteiger partial charge on any atom is 0.241 e. The van der Waals surface area contributed by atoms with E-state index < -0.39 is 10.0 Å². The number of benzene rings is 3.